The number of aromatic amines is 1. The van der Waals surface area contributed by atoms with Crippen molar-refractivity contribution in [2.75, 3.05) is 24.5 Å². The van der Waals surface area contributed by atoms with Crippen LogP contribution in [0, 0.1) is 30.2 Å². The molecule has 0 radical (unpaired) electrons. The molecule has 29 heavy (non-hydrogen) atoms. The molecule has 3 fully saturated rings. The van der Waals surface area contributed by atoms with Crippen LogP contribution in [0.3, 0.4) is 0 Å². The Morgan fingerprint density at radius 2 is 2.21 bits per heavy atom. The van der Waals surface area contributed by atoms with Crippen molar-refractivity contribution in [3.8, 4) is 6.19 Å². The lowest BCUT2D eigenvalue weighted by Gasteiger charge is -2.42. The number of piperazine rings is 1. The Hall–Kier alpha value is -2.82. The third-order valence-electron chi connectivity index (χ3n) is 7.00. The van der Waals surface area contributed by atoms with E-state index in [-0.39, 0.29) is 6.04 Å². The van der Waals surface area contributed by atoms with E-state index in [1.165, 1.54) is 25.7 Å². The highest BCUT2D eigenvalue weighted by atomic mass is 15.4. The Labute approximate surface area is 171 Å². The van der Waals surface area contributed by atoms with Gasteiger partial charge in [0, 0.05) is 31.9 Å². The highest BCUT2D eigenvalue weighted by molar-refractivity contribution is 5.90. The predicted octanol–water partition coefficient (Wildman–Crippen LogP) is 2.39. The van der Waals surface area contributed by atoms with E-state index < -0.39 is 0 Å². The first kappa shape index (κ1) is 18.2. The Kier molecular flexibility index (Phi) is 4.53. The van der Waals surface area contributed by atoms with Crippen LogP contribution in [0.2, 0.25) is 0 Å². The summed E-state index contributed by atoms with van der Waals surface area (Å²) in [5, 5.41) is 13.3. The highest BCUT2D eigenvalue weighted by Gasteiger charge is 2.40. The van der Waals surface area contributed by atoms with Crippen molar-refractivity contribution in [3.63, 3.8) is 0 Å². The molecule has 0 aromatic carbocycles. The lowest BCUT2D eigenvalue weighted by atomic mass is 9.96. The summed E-state index contributed by atoms with van der Waals surface area (Å²) in [6.07, 6.45) is 10.9. The minimum absolute atomic E-state index is 0.228. The van der Waals surface area contributed by atoms with Gasteiger partial charge in [-0.2, -0.15) is 5.26 Å². The zero-order chi connectivity index (χ0) is 20.0. The summed E-state index contributed by atoms with van der Waals surface area (Å²) in [5.74, 6) is 3.29. The van der Waals surface area contributed by atoms with Crippen molar-refractivity contribution in [2.24, 2.45) is 16.8 Å². The highest BCUT2D eigenvalue weighted by Crippen LogP contribution is 2.46. The molecule has 2 bridgehead atoms. The molecule has 4 atom stereocenters. The van der Waals surface area contributed by atoms with Gasteiger partial charge in [-0.1, -0.05) is 6.42 Å². The quantitative estimate of drug-likeness (QED) is 0.353. The second kappa shape index (κ2) is 7.21. The van der Waals surface area contributed by atoms with E-state index in [0.717, 1.165) is 53.9 Å². The number of nitrogens with one attached hydrogen (secondary N) is 2. The molecule has 1 unspecified atom stereocenters. The third-order valence-corrected chi connectivity index (χ3v) is 7.00. The molecular weight excluding hydrogens is 364 g/mol. The topological polar surface area (TPSA) is 96.2 Å². The van der Waals surface area contributed by atoms with E-state index in [1.54, 1.807) is 6.33 Å². The van der Waals surface area contributed by atoms with Crippen molar-refractivity contribution in [1.29, 1.82) is 5.26 Å². The molecular formula is C21H28N8. The average Bonchev–Trinajstić information content (AvgIpc) is 3.44. The normalized spacial score (nSPS) is 29.5. The number of nitriles is 1. The molecule has 1 aliphatic heterocycles. The van der Waals surface area contributed by atoms with Crippen molar-refractivity contribution in [3.05, 3.63) is 18.1 Å². The smallest absolute Gasteiger partial charge is 0.208 e. The molecule has 5 rings (SSSR count). The standard InChI is InChI=1S/C21H28N8/c1-13-9-23-19-18(13)20(26-12-25-19)28-5-6-29(14(2)10-28)21(24-11-22)27-17-8-15-3-4-16(17)7-15/h9,12,14-17H,3-8,10H2,1-2H3,(H,24,27)(H,23,25,26)/t14-,15+,16-,17?/m0/s1. The monoisotopic (exact) mass is 392 g/mol. The second-order valence-corrected chi connectivity index (χ2v) is 8.81. The first-order valence-corrected chi connectivity index (χ1v) is 10.7. The van der Waals surface area contributed by atoms with Gasteiger partial charge < -0.3 is 14.8 Å². The van der Waals surface area contributed by atoms with E-state index in [9.17, 15) is 5.26 Å². The fourth-order valence-electron chi connectivity index (χ4n) is 5.56. The summed E-state index contributed by atoms with van der Waals surface area (Å²) in [4.78, 5) is 21.8. The van der Waals surface area contributed by atoms with E-state index in [4.69, 9.17) is 4.99 Å². The Morgan fingerprint density at radius 1 is 1.31 bits per heavy atom. The molecule has 2 aromatic heterocycles. The van der Waals surface area contributed by atoms with Gasteiger partial charge in [0.1, 0.15) is 17.8 Å². The largest absolute Gasteiger partial charge is 0.352 e. The van der Waals surface area contributed by atoms with Gasteiger partial charge in [0.15, 0.2) is 6.19 Å². The van der Waals surface area contributed by atoms with E-state index in [1.807, 2.05) is 6.20 Å². The first-order valence-electron chi connectivity index (χ1n) is 10.7. The van der Waals surface area contributed by atoms with Crippen molar-refractivity contribution in [1.82, 2.24) is 25.2 Å². The Bertz CT molecular complexity index is 973. The van der Waals surface area contributed by atoms with Crippen LogP contribution < -0.4 is 10.2 Å². The lowest BCUT2D eigenvalue weighted by molar-refractivity contribution is 0.287. The van der Waals surface area contributed by atoms with Gasteiger partial charge in [-0.05, 0) is 50.5 Å². The predicted molar refractivity (Wildman–Crippen MR) is 112 cm³/mol. The third kappa shape index (κ3) is 3.18. The molecule has 8 heteroatoms. The van der Waals surface area contributed by atoms with Crippen LogP contribution in [0.5, 0.6) is 0 Å². The van der Waals surface area contributed by atoms with E-state index in [2.05, 4.69) is 50.1 Å². The fourth-order valence-corrected chi connectivity index (χ4v) is 5.56. The molecule has 2 aliphatic carbocycles. The zero-order valence-electron chi connectivity index (χ0n) is 17.1. The molecule has 2 saturated carbocycles. The number of nitrogens with zero attached hydrogens (tertiary/aromatic N) is 6. The minimum Gasteiger partial charge on any atom is -0.352 e. The van der Waals surface area contributed by atoms with Crippen LogP contribution in [0.4, 0.5) is 5.82 Å². The number of aromatic nitrogens is 3. The summed E-state index contributed by atoms with van der Waals surface area (Å²) in [7, 11) is 0. The van der Waals surface area contributed by atoms with Gasteiger partial charge in [-0.3, -0.25) is 5.32 Å². The number of aryl methyl sites for hydroxylation is 1. The zero-order valence-corrected chi connectivity index (χ0v) is 17.1. The van der Waals surface area contributed by atoms with Crippen LogP contribution in [-0.4, -0.2) is 57.5 Å². The number of hydrogen-bond donors (Lipinski definition) is 2. The number of anilines is 1. The summed E-state index contributed by atoms with van der Waals surface area (Å²) < 4.78 is 0. The maximum Gasteiger partial charge on any atom is 0.208 e. The summed E-state index contributed by atoms with van der Waals surface area (Å²) >= 11 is 0. The van der Waals surface area contributed by atoms with Gasteiger partial charge in [-0.25, -0.2) is 15.0 Å². The Morgan fingerprint density at radius 3 is 2.93 bits per heavy atom. The minimum atomic E-state index is 0.228. The van der Waals surface area contributed by atoms with Gasteiger partial charge in [0.25, 0.3) is 0 Å². The fraction of sp³-hybridized carbons (Fsp3) is 0.619. The lowest BCUT2D eigenvalue weighted by Crippen LogP contribution is -2.57. The molecule has 2 aromatic rings. The molecule has 1 saturated heterocycles. The molecule has 0 spiro atoms. The van der Waals surface area contributed by atoms with Gasteiger partial charge in [-0.15, -0.1) is 0 Å². The number of H-pyrrole nitrogens is 1. The number of guanidine groups is 1. The maximum absolute atomic E-state index is 9.32. The maximum atomic E-state index is 9.32. The van der Waals surface area contributed by atoms with E-state index >= 15 is 0 Å². The molecule has 3 aliphatic rings. The van der Waals surface area contributed by atoms with Crippen molar-refractivity contribution < 1.29 is 0 Å². The second-order valence-electron chi connectivity index (χ2n) is 8.81. The number of fused-ring (bicyclic) bond motifs is 3. The summed E-state index contributed by atoms with van der Waals surface area (Å²) in [6, 6.07) is 0.602. The molecule has 8 nitrogen and oxygen atoms in total. The Balaban J connectivity index is 1.36. The van der Waals surface area contributed by atoms with Gasteiger partial charge >= 0.3 is 0 Å². The van der Waals surface area contributed by atoms with Crippen LogP contribution in [-0.2, 0) is 0 Å². The number of rotatable bonds is 2. The van der Waals surface area contributed by atoms with Crippen LogP contribution >= 0.6 is 0 Å². The SMILES string of the molecule is Cc1c[nH]c2ncnc(N3CCN(C(=NC4C[C@@H]5CC[C@H]4C5)NC#N)[C@@H](C)C3)c12. The van der Waals surface area contributed by atoms with E-state index in [0.29, 0.717) is 12.0 Å². The first-order chi connectivity index (χ1) is 14.1. The summed E-state index contributed by atoms with van der Waals surface area (Å²) in [5.41, 5.74) is 2.04. The molecule has 3 heterocycles. The number of aliphatic imine (C=N–C) groups is 1. The van der Waals surface area contributed by atoms with Crippen LogP contribution in [0.15, 0.2) is 17.5 Å². The van der Waals surface area contributed by atoms with Crippen molar-refractivity contribution in [2.45, 2.75) is 51.6 Å². The van der Waals surface area contributed by atoms with Gasteiger partial charge in [0.05, 0.1) is 11.4 Å². The average molecular weight is 393 g/mol. The van der Waals surface area contributed by atoms with Crippen LogP contribution in [0.1, 0.15) is 38.2 Å². The molecule has 0 amide bonds. The van der Waals surface area contributed by atoms with Crippen LogP contribution in [0.25, 0.3) is 11.0 Å². The molecule has 152 valence electrons. The number of hydrogen-bond acceptors (Lipinski definition) is 5. The summed E-state index contributed by atoms with van der Waals surface area (Å²) in [6.45, 7) is 6.76. The molecule has 2 N–H and O–H groups in total. The van der Waals surface area contributed by atoms with Gasteiger partial charge in [0.2, 0.25) is 5.96 Å². The van der Waals surface area contributed by atoms with Crippen molar-refractivity contribution >= 4 is 22.8 Å².